The van der Waals surface area contributed by atoms with Gasteiger partial charge < -0.3 is 30.8 Å². The maximum absolute atomic E-state index is 10.7. The van der Waals surface area contributed by atoms with E-state index in [4.69, 9.17) is 30.8 Å². The third-order valence-electron chi connectivity index (χ3n) is 7.33. The van der Waals surface area contributed by atoms with Crippen LogP contribution in [-0.2, 0) is 28.9 Å². The van der Waals surface area contributed by atoms with Gasteiger partial charge in [-0.25, -0.2) is 0 Å². The molecule has 1 amide bonds. The summed E-state index contributed by atoms with van der Waals surface area (Å²) in [4.78, 5) is 21.2. The van der Waals surface area contributed by atoms with Gasteiger partial charge in [0.2, 0.25) is 5.91 Å². The molecule has 3 atom stereocenters. The van der Waals surface area contributed by atoms with Gasteiger partial charge in [0, 0.05) is 0 Å². The lowest BCUT2D eigenvalue weighted by atomic mass is 10.0. The van der Waals surface area contributed by atoms with Gasteiger partial charge in [0.25, 0.3) is 0 Å². The van der Waals surface area contributed by atoms with Gasteiger partial charge in [0.05, 0.1) is 12.8 Å². The first-order chi connectivity index (χ1) is 22.9. The first-order valence-electron chi connectivity index (χ1n) is 17.3. The smallest absolute Gasteiger partial charge is 0.307 e. The Balaban J connectivity index is 0.000000326. The Morgan fingerprint density at radius 3 is 1.32 bits per heavy atom. The van der Waals surface area contributed by atoms with Crippen LogP contribution in [0.25, 0.3) is 0 Å². The highest BCUT2D eigenvalue weighted by Crippen LogP contribution is 2.29. The van der Waals surface area contributed by atoms with Gasteiger partial charge in [-0.2, -0.15) is 0 Å². The number of rotatable bonds is 6. The quantitative estimate of drug-likeness (QED) is 0.247. The van der Waals surface area contributed by atoms with Crippen LogP contribution in [0.15, 0.2) is 72.8 Å². The third-order valence-corrected chi connectivity index (χ3v) is 7.33. The number of carbonyl (C=O) groups is 2. The molecule has 0 bridgehead atoms. The maximum Gasteiger partial charge on any atom is 0.307 e. The Morgan fingerprint density at radius 1 is 0.617 bits per heavy atom. The molecule has 0 fully saturated rings. The van der Waals surface area contributed by atoms with Crippen molar-refractivity contribution < 1.29 is 28.9 Å². The average molecular weight is 651 g/mol. The largest absolute Gasteiger partial charge is 0.490 e. The molecule has 0 radical (unpaired) electrons. The van der Waals surface area contributed by atoms with Crippen molar-refractivity contribution in [1.82, 2.24) is 0 Å². The molecule has 3 aromatic rings. The molecule has 0 saturated heterocycles. The number of aliphatic carboxylic acids is 1. The van der Waals surface area contributed by atoms with E-state index in [-0.39, 0.29) is 24.5 Å². The van der Waals surface area contributed by atoms with E-state index < -0.39 is 5.97 Å². The molecule has 3 heterocycles. The highest BCUT2D eigenvalue weighted by molar-refractivity contribution is 5.74. The Hall–Kier alpha value is -4.04. The van der Waals surface area contributed by atoms with Crippen molar-refractivity contribution in [2.45, 2.75) is 118 Å². The van der Waals surface area contributed by atoms with Crippen molar-refractivity contribution in [3.8, 4) is 17.2 Å². The van der Waals surface area contributed by atoms with Crippen molar-refractivity contribution in [1.29, 1.82) is 0 Å². The zero-order valence-corrected chi connectivity index (χ0v) is 29.4. The molecule has 47 heavy (non-hydrogen) atoms. The van der Waals surface area contributed by atoms with Crippen molar-refractivity contribution in [2.24, 2.45) is 11.5 Å². The molecule has 8 nitrogen and oxygen atoms in total. The molecule has 3 aliphatic heterocycles. The summed E-state index contributed by atoms with van der Waals surface area (Å²) in [5.74, 6) is 1.69. The van der Waals surface area contributed by atoms with Gasteiger partial charge in [-0.05, 0) is 86.4 Å². The summed E-state index contributed by atoms with van der Waals surface area (Å²) >= 11 is 0. The topological polar surface area (TPSA) is 134 Å². The second kappa shape index (κ2) is 24.2. The number of nitrogens with two attached hydrogens (primary N) is 2. The molecule has 3 aliphatic rings. The predicted molar refractivity (Wildman–Crippen MR) is 191 cm³/mol. The molecular weight excluding hydrogens is 592 g/mol. The van der Waals surface area contributed by atoms with Crippen LogP contribution in [0.2, 0.25) is 0 Å². The highest BCUT2D eigenvalue weighted by Gasteiger charge is 2.22. The molecular formula is C39H58N2O6. The summed E-state index contributed by atoms with van der Waals surface area (Å²) in [5.41, 5.74) is 14.3. The molecule has 0 spiro atoms. The Bertz CT molecular complexity index is 1230. The van der Waals surface area contributed by atoms with Crippen LogP contribution in [-0.4, -0.2) is 41.8 Å². The van der Waals surface area contributed by atoms with E-state index in [1.807, 2.05) is 96.1 Å². The number of hydrogen-bond acceptors (Lipinski definition) is 6. The minimum absolute atomic E-state index is 0.0394. The summed E-state index contributed by atoms with van der Waals surface area (Å²) in [5, 5.41) is 8.63. The van der Waals surface area contributed by atoms with E-state index in [2.05, 4.69) is 18.2 Å². The van der Waals surface area contributed by atoms with E-state index in [1.54, 1.807) is 0 Å². The molecule has 260 valence electrons. The number of hydrogen-bond donors (Lipinski definition) is 3. The van der Waals surface area contributed by atoms with Gasteiger partial charge in [0.15, 0.2) is 0 Å². The zero-order valence-electron chi connectivity index (χ0n) is 29.4. The monoisotopic (exact) mass is 650 g/mol. The van der Waals surface area contributed by atoms with Crippen LogP contribution >= 0.6 is 0 Å². The van der Waals surface area contributed by atoms with Crippen molar-refractivity contribution in [2.75, 3.05) is 6.54 Å². The Morgan fingerprint density at radius 2 is 0.957 bits per heavy atom. The van der Waals surface area contributed by atoms with Crippen LogP contribution < -0.4 is 25.7 Å². The number of amides is 1. The third kappa shape index (κ3) is 14.9. The van der Waals surface area contributed by atoms with Crippen molar-refractivity contribution >= 4 is 11.9 Å². The molecule has 8 heteroatoms. The molecule has 0 aromatic heterocycles. The molecule has 3 aromatic carbocycles. The van der Waals surface area contributed by atoms with Crippen LogP contribution in [0.1, 0.15) is 96.8 Å². The van der Waals surface area contributed by atoms with E-state index >= 15 is 0 Å². The van der Waals surface area contributed by atoms with Crippen LogP contribution in [0.4, 0.5) is 0 Å². The summed E-state index contributed by atoms with van der Waals surface area (Å²) in [6.07, 6.45) is 7.28. The molecule has 0 saturated carbocycles. The highest BCUT2D eigenvalue weighted by atomic mass is 16.5. The number of para-hydroxylation sites is 3. The van der Waals surface area contributed by atoms with E-state index in [0.717, 1.165) is 62.2 Å². The lowest BCUT2D eigenvalue weighted by Gasteiger charge is -2.25. The first kappa shape index (κ1) is 41.0. The minimum atomic E-state index is -0.797. The maximum atomic E-state index is 10.7. The zero-order chi connectivity index (χ0) is 35.0. The number of carboxylic acid groups (broad SMARTS) is 1. The Labute approximate surface area is 282 Å². The summed E-state index contributed by atoms with van der Waals surface area (Å²) in [6.45, 7) is 12.7. The average Bonchev–Trinajstić information content (AvgIpc) is 3.11. The summed E-state index contributed by atoms with van der Waals surface area (Å²) < 4.78 is 17.0. The van der Waals surface area contributed by atoms with E-state index in [9.17, 15) is 9.59 Å². The molecule has 0 aliphatic carbocycles. The fraction of sp³-hybridized carbons (Fsp3) is 0.487. The second-order valence-electron chi connectivity index (χ2n) is 10.5. The van der Waals surface area contributed by atoms with Crippen LogP contribution in [0, 0.1) is 0 Å². The molecule has 6 rings (SSSR count). The number of aryl methyl sites for hydroxylation is 3. The number of primary amides is 1. The lowest BCUT2D eigenvalue weighted by molar-refractivity contribution is -0.139. The minimum Gasteiger partial charge on any atom is -0.490 e. The van der Waals surface area contributed by atoms with Gasteiger partial charge >= 0.3 is 5.97 Å². The van der Waals surface area contributed by atoms with Gasteiger partial charge in [0.1, 0.15) is 35.6 Å². The van der Waals surface area contributed by atoms with Gasteiger partial charge in [-0.3, -0.25) is 9.59 Å². The predicted octanol–water partition coefficient (Wildman–Crippen LogP) is 7.92. The number of ether oxygens (including phenoxy) is 3. The summed E-state index contributed by atoms with van der Waals surface area (Å²) in [6, 6.07) is 24.0. The van der Waals surface area contributed by atoms with Crippen LogP contribution in [0.5, 0.6) is 17.2 Å². The Kier molecular flexibility index (Phi) is 21.1. The second-order valence-corrected chi connectivity index (χ2v) is 10.5. The summed E-state index contributed by atoms with van der Waals surface area (Å²) in [7, 11) is 0. The number of fused-ring (bicyclic) bond motifs is 3. The number of carboxylic acids is 1. The van der Waals surface area contributed by atoms with Gasteiger partial charge in [-0.15, -0.1) is 0 Å². The van der Waals surface area contributed by atoms with E-state index in [0.29, 0.717) is 19.1 Å². The van der Waals surface area contributed by atoms with Crippen molar-refractivity contribution in [3.05, 3.63) is 89.5 Å². The SMILES string of the molecule is CC.CC.CC.NC(=O)CC1CCc2ccccc2O1.NCCC1CCc2ccccc2O1.O=C(O)CC1CCc2ccccc2O1. The normalized spacial score (nSPS) is 17.7. The lowest BCUT2D eigenvalue weighted by Crippen LogP contribution is -2.28. The molecule has 3 unspecified atom stereocenters. The number of benzene rings is 3. The molecule has 5 N–H and O–H groups in total. The van der Waals surface area contributed by atoms with E-state index in [1.165, 1.54) is 16.7 Å². The van der Waals surface area contributed by atoms with Gasteiger partial charge in [-0.1, -0.05) is 96.1 Å². The fourth-order valence-electron chi connectivity index (χ4n) is 5.24. The standard InChI is InChI=1S/C11H13NO2.C11H15NO.C11H12O3.3C2H6/c12-11(13)7-9-6-5-8-3-1-2-4-10(8)14-9;12-8-7-10-6-5-9-3-1-2-4-11(9)13-10;12-11(13)7-9-6-5-8-3-1-2-4-10(8)14-9;3*1-2/h1-4,9H,5-7H2,(H2,12,13);1-4,10H,5-8,12H2;1-4,9H,5-7H2,(H,12,13);3*1-2H3. The van der Waals surface area contributed by atoms with Crippen LogP contribution in [0.3, 0.4) is 0 Å². The first-order valence-corrected chi connectivity index (χ1v) is 17.3. The fourth-order valence-corrected chi connectivity index (χ4v) is 5.24. The van der Waals surface area contributed by atoms with Crippen molar-refractivity contribution in [3.63, 3.8) is 0 Å². The number of carbonyl (C=O) groups excluding carboxylic acids is 1.